The largest absolute Gasteiger partial charge is 0.378 e. The monoisotopic (exact) mass is 261 g/mol. The van der Waals surface area contributed by atoms with Crippen LogP contribution in [0.1, 0.15) is 31.0 Å². The average Bonchev–Trinajstić information content (AvgIpc) is 2.42. The van der Waals surface area contributed by atoms with Gasteiger partial charge in [-0.15, -0.1) is 0 Å². The Morgan fingerprint density at radius 2 is 1.84 bits per heavy atom. The zero-order valence-electron chi connectivity index (χ0n) is 11.1. The molecule has 100 valence electrons. The molecule has 2 aromatic rings. The molecule has 2 rings (SSSR count). The molecule has 0 amide bonds. The number of benzene rings is 2. The zero-order chi connectivity index (χ0) is 13.8. The number of aryl methyl sites for hydroxylation is 1. The summed E-state index contributed by atoms with van der Waals surface area (Å²) in [7, 11) is 0. The molecule has 0 saturated carbocycles. The summed E-state index contributed by atoms with van der Waals surface area (Å²) in [4.78, 5) is 0. The van der Waals surface area contributed by atoms with E-state index >= 15 is 0 Å². The van der Waals surface area contributed by atoms with Gasteiger partial charge in [0, 0.05) is 11.3 Å². The molecule has 0 heterocycles. The molecule has 0 aliphatic rings. The van der Waals surface area contributed by atoms with Crippen molar-refractivity contribution in [2.24, 2.45) is 0 Å². The van der Waals surface area contributed by atoms with Crippen molar-refractivity contribution in [3.8, 4) is 0 Å². The SMILES string of the molecule is CCc1cccc(NC(C)c2cccc(F)c2F)c1. The summed E-state index contributed by atoms with van der Waals surface area (Å²) in [5, 5.41) is 3.19. The predicted molar refractivity (Wildman–Crippen MR) is 74.2 cm³/mol. The van der Waals surface area contributed by atoms with Gasteiger partial charge in [-0.05, 0) is 37.1 Å². The van der Waals surface area contributed by atoms with Crippen molar-refractivity contribution in [1.29, 1.82) is 0 Å². The molecule has 1 nitrogen and oxygen atoms in total. The molecule has 1 unspecified atom stereocenters. The van der Waals surface area contributed by atoms with Crippen molar-refractivity contribution in [3.05, 3.63) is 65.2 Å². The second-order valence-electron chi connectivity index (χ2n) is 4.56. The maximum Gasteiger partial charge on any atom is 0.164 e. The van der Waals surface area contributed by atoms with Gasteiger partial charge in [-0.25, -0.2) is 8.78 Å². The van der Waals surface area contributed by atoms with Crippen LogP contribution in [0.25, 0.3) is 0 Å². The minimum atomic E-state index is -0.812. The first-order valence-electron chi connectivity index (χ1n) is 6.41. The van der Waals surface area contributed by atoms with E-state index in [1.165, 1.54) is 11.6 Å². The minimum Gasteiger partial charge on any atom is -0.378 e. The number of nitrogens with one attached hydrogen (secondary N) is 1. The highest BCUT2D eigenvalue weighted by Crippen LogP contribution is 2.23. The highest BCUT2D eigenvalue weighted by molar-refractivity contribution is 5.47. The van der Waals surface area contributed by atoms with Crippen LogP contribution in [0.3, 0.4) is 0 Å². The second-order valence-corrected chi connectivity index (χ2v) is 4.56. The topological polar surface area (TPSA) is 12.0 Å². The lowest BCUT2D eigenvalue weighted by molar-refractivity contribution is 0.494. The van der Waals surface area contributed by atoms with Gasteiger partial charge in [0.15, 0.2) is 11.6 Å². The molecule has 19 heavy (non-hydrogen) atoms. The Bertz CT molecular complexity index is 566. The Morgan fingerprint density at radius 3 is 2.58 bits per heavy atom. The second kappa shape index (κ2) is 5.83. The molecule has 0 saturated heterocycles. The normalized spacial score (nSPS) is 12.2. The van der Waals surface area contributed by atoms with Gasteiger partial charge in [-0.1, -0.05) is 31.2 Å². The maximum absolute atomic E-state index is 13.7. The van der Waals surface area contributed by atoms with Crippen LogP contribution in [-0.2, 0) is 6.42 Å². The summed E-state index contributed by atoms with van der Waals surface area (Å²) in [6, 6.07) is 11.9. The Morgan fingerprint density at radius 1 is 1.11 bits per heavy atom. The Hall–Kier alpha value is -1.90. The summed E-state index contributed by atoms with van der Waals surface area (Å²) in [6.07, 6.45) is 0.943. The number of anilines is 1. The number of halogens is 2. The van der Waals surface area contributed by atoms with E-state index in [0.717, 1.165) is 18.2 Å². The summed E-state index contributed by atoms with van der Waals surface area (Å²) < 4.78 is 26.9. The number of hydrogen-bond acceptors (Lipinski definition) is 1. The lowest BCUT2D eigenvalue weighted by Crippen LogP contribution is -2.09. The highest BCUT2D eigenvalue weighted by atomic mass is 19.2. The van der Waals surface area contributed by atoms with Crippen molar-refractivity contribution in [3.63, 3.8) is 0 Å². The van der Waals surface area contributed by atoms with E-state index in [2.05, 4.69) is 12.2 Å². The molecule has 2 aromatic carbocycles. The Balaban J connectivity index is 2.20. The van der Waals surface area contributed by atoms with E-state index in [4.69, 9.17) is 0 Å². The van der Waals surface area contributed by atoms with Crippen molar-refractivity contribution in [1.82, 2.24) is 0 Å². The molecule has 0 fully saturated rings. The van der Waals surface area contributed by atoms with Gasteiger partial charge in [-0.3, -0.25) is 0 Å². The van der Waals surface area contributed by atoms with Gasteiger partial charge >= 0.3 is 0 Å². The molecule has 0 aliphatic carbocycles. The van der Waals surface area contributed by atoms with E-state index < -0.39 is 11.6 Å². The van der Waals surface area contributed by atoms with Crippen molar-refractivity contribution in [2.75, 3.05) is 5.32 Å². The lowest BCUT2D eigenvalue weighted by Gasteiger charge is -2.17. The summed E-state index contributed by atoms with van der Waals surface area (Å²) in [5.41, 5.74) is 2.45. The van der Waals surface area contributed by atoms with Crippen LogP contribution in [-0.4, -0.2) is 0 Å². The molecular weight excluding hydrogens is 244 g/mol. The van der Waals surface area contributed by atoms with Crippen molar-refractivity contribution in [2.45, 2.75) is 26.3 Å². The van der Waals surface area contributed by atoms with E-state index in [0.29, 0.717) is 5.56 Å². The van der Waals surface area contributed by atoms with Gasteiger partial charge in [0.05, 0.1) is 6.04 Å². The zero-order valence-corrected chi connectivity index (χ0v) is 11.1. The van der Waals surface area contributed by atoms with E-state index in [-0.39, 0.29) is 6.04 Å². The molecule has 0 aromatic heterocycles. The number of rotatable bonds is 4. The van der Waals surface area contributed by atoms with E-state index in [9.17, 15) is 8.78 Å². The molecule has 0 bridgehead atoms. The standard InChI is InChI=1S/C16H17F2N/c1-3-12-6-4-7-13(10-12)19-11(2)14-8-5-9-15(17)16(14)18/h4-11,19H,3H2,1-2H3. The van der Waals surface area contributed by atoms with Crippen LogP contribution in [0.5, 0.6) is 0 Å². The van der Waals surface area contributed by atoms with Gasteiger partial charge in [0.1, 0.15) is 0 Å². The van der Waals surface area contributed by atoms with Crippen LogP contribution < -0.4 is 5.32 Å². The van der Waals surface area contributed by atoms with Gasteiger partial charge in [0.2, 0.25) is 0 Å². The highest BCUT2D eigenvalue weighted by Gasteiger charge is 2.13. The molecule has 1 atom stereocenters. The Labute approximate surface area is 112 Å². The van der Waals surface area contributed by atoms with Crippen LogP contribution in [0, 0.1) is 11.6 Å². The fraction of sp³-hybridized carbons (Fsp3) is 0.250. The van der Waals surface area contributed by atoms with Gasteiger partial charge < -0.3 is 5.32 Å². The average molecular weight is 261 g/mol. The number of hydrogen-bond donors (Lipinski definition) is 1. The smallest absolute Gasteiger partial charge is 0.164 e. The Kier molecular flexibility index (Phi) is 4.15. The lowest BCUT2D eigenvalue weighted by atomic mass is 10.1. The molecule has 0 spiro atoms. The van der Waals surface area contributed by atoms with E-state index in [1.807, 2.05) is 31.2 Å². The quantitative estimate of drug-likeness (QED) is 0.841. The first-order chi connectivity index (χ1) is 9.11. The molecule has 3 heteroatoms. The van der Waals surface area contributed by atoms with Crippen molar-refractivity contribution < 1.29 is 8.78 Å². The van der Waals surface area contributed by atoms with Crippen LogP contribution >= 0.6 is 0 Å². The third-order valence-electron chi connectivity index (χ3n) is 3.17. The predicted octanol–water partition coefficient (Wildman–Crippen LogP) is 4.70. The maximum atomic E-state index is 13.7. The molecule has 0 radical (unpaired) electrons. The summed E-state index contributed by atoms with van der Waals surface area (Å²) >= 11 is 0. The van der Waals surface area contributed by atoms with Crippen molar-refractivity contribution >= 4 is 5.69 Å². The van der Waals surface area contributed by atoms with Crippen LogP contribution in [0.15, 0.2) is 42.5 Å². The molecule has 1 N–H and O–H groups in total. The fourth-order valence-corrected chi connectivity index (χ4v) is 2.06. The first kappa shape index (κ1) is 13.5. The molecule has 0 aliphatic heterocycles. The van der Waals surface area contributed by atoms with Crippen LogP contribution in [0.4, 0.5) is 14.5 Å². The van der Waals surface area contributed by atoms with Gasteiger partial charge in [-0.2, -0.15) is 0 Å². The third kappa shape index (κ3) is 3.11. The third-order valence-corrected chi connectivity index (χ3v) is 3.17. The fourth-order valence-electron chi connectivity index (χ4n) is 2.06. The summed E-state index contributed by atoms with van der Waals surface area (Å²) in [5.74, 6) is -1.59. The van der Waals surface area contributed by atoms with Gasteiger partial charge in [0.25, 0.3) is 0 Å². The van der Waals surface area contributed by atoms with Crippen LogP contribution in [0.2, 0.25) is 0 Å². The first-order valence-corrected chi connectivity index (χ1v) is 6.41. The summed E-state index contributed by atoms with van der Waals surface area (Å²) in [6.45, 7) is 3.89. The molecular formula is C16H17F2N. The minimum absolute atomic E-state index is 0.289. The van der Waals surface area contributed by atoms with E-state index in [1.54, 1.807) is 6.07 Å².